The molecule has 1 aromatic carbocycles. The van der Waals surface area contributed by atoms with E-state index in [4.69, 9.17) is 4.74 Å². The molecule has 1 amide bonds. The molecule has 0 saturated carbocycles. The highest BCUT2D eigenvalue weighted by Gasteiger charge is 2.15. The number of carbonyl (C=O) groups excluding carboxylic acids is 1. The van der Waals surface area contributed by atoms with Crippen molar-refractivity contribution in [2.45, 2.75) is 24.8 Å². The zero-order chi connectivity index (χ0) is 17.3. The topological polar surface area (TPSA) is 96.5 Å². The van der Waals surface area contributed by atoms with Gasteiger partial charge < -0.3 is 15.4 Å². The van der Waals surface area contributed by atoms with Crippen molar-refractivity contribution in [2.24, 2.45) is 0 Å². The molecule has 0 aromatic heterocycles. The Hall–Kier alpha value is -1.48. The molecule has 23 heavy (non-hydrogen) atoms. The van der Waals surface area contributed by atoms with Crippen LogP contribution in [-0.4, -0.2) is 53.7 Å². The lowest BCUT2D eigenvalue weighted by molar-refractivity contribution is 0.0953. The number of nitrogens with one attached hydrogen (secondary N) is 3. The van der Waals surface area contributed by atoms with Crippen LogP contribution >= 0.6 is 0 Å². The number of rotatable bonds is 10. The van der Waals surface area contributed by atoms with E-state index in [0.717, 1.165) is 6.54 Å². The largest absolute Gasteiger partial charge is 0.383 e. The van der Waals surface area contributed by atoms with Crippen molar-refractivity contribution in [1.82, 2.24) is 15.4 Å². The van der Waals surface area contributed by atoms with Gasteiger partial charge in [-0.25, -0.2) is 13.1 Å². The molecule has 0 unspecified atom stereocenters. The molecule has 0 atom stereocenters. The van der Waals surface area contributed by atoms with E-state index in [1.54, 1.807) is 21.0 Å². The minimum Gasteiger partial charge on any atom is -0.383 e. The summed E-state index contributed by atoms with van der Waals surface area (Å²) in [6, 6.07) is 5.67. The lowest BCUT2D eigenvalue weighted by atomic mass is 10.2. The summed E-state index contributed by atoms with van der Waals surface area (Å²) in [6.45, 7) is 5.97. The van der Waals surface area contributed by atoms with Crippen LogP contribution < -0.4 is 15.4 Å². The first-order valence-electron chi connectivity index (χ1n) is 7.47. The van der Waals surface area contributed by atoms with Gasteiger partial charge in [0.1, 0.15) is 0 Å². The molecule has 0 aliphatic heterocycles. The molecule has 0 aliphatic rings. The molecule has 0 aliphatic carbocycles. The van der Waals surface area contributed by atoms with Crippen molar-refractivity contribution in [2.75, 3.05) is 33.4 Å². The van der Waals surface area contributed by atoms with Crippen molar-refractivity contribution in [3.05, 3.63) is 29.8 Å². The Morgan fingerprint density at radius 2 is 1.78 bits per heavy atom. The predicted molar refractivity (Wildman–Crippen MR) is 89.0 cm³/mol. The highest BCUT2D eigenvalue weighted by Crippen LogP contribution is 2.11. The summed E-state index contributed by atoms with van der Waals surface area (Å²) in [4.78, 5) is 12.1. The van der Waals surface area contributed by atoms with Crippen LogP contribution in [-0.2, 0) is 14.8 Å². The van der Waals surface area contributed by atoms with Gasteiger partial charge in [0.2, 0.25) is 10.0 Å². The summed E-state index contributed by atoms with van der Waals surface area (Å²) < 4.78 is 31.4. The Bertz CT molecular complexity index is 585. The third kappa shape index (κ3) is 7.08. The molecule has 3 N–H and O–H groups in total. The van der Waals surface area contributed by atoms with Crippen molar-refractivity contribution < 1.29 is 17.9 Å². The van der Waals surface area contributed by atoms with Crippen molar-refractivity contribution in [1.29, 1.82) is 0 Å². The standard InChI is InChI=1S/C15H25N3O4S/c1-12(2)18-23(20,21)14-6-4-13(5-7-14)15(19)17-9-8-16-10-11-22-3/h4-7,12,16,18H,8-11H2,1-3H3,(H,17,19). The smallest absolute Gasteiger partial charge is 0.251 e. The number of hydrogen-bond donors (Lipinski definition) is 3. The van der Waals surface area contributed by atoms with E-state index < -0.39 is 10.0 Å². The first-order chi connectivity index (χ1) is 10.9. The Morgan fingerprint density at radius 1 is 1.13 bits per heavy atom. The molecule has 0 bridgehead atoms. The maximum absolute atomic E-state index is 12.0. The highest BCUT2D eigenvalue weighted by molar-refractivity contribution is 7.89. The van der Waals surface area contributed by atoms with E-state index in [1.165, 1.54) is 24.3 Å². The second-order valence-electron chi connectivity index (χ2n) is 5.30. The summed E-state index contributed by atoms with van der Waals surface area (Å²) in [7, 11) is -1.91. The maximum atomic E-state index is 12.0. The highest BCUT2D eigenvalue weighted by atomic mass is 32.2. The van der Waals surface area contributed by atoms with Crippen LogP contribution in [0.3, 0.4) is 0 Å². The van der Waals surface area contributed by atoms with Gasteiger partial charge >= 0.3 is 0 Å². The van der Waals surface area contributed by atoms with Crippen LogP contribution in [0.1, 0.15) is 24.2 Å². The molecule has 1 aromatic rings. The fourth-order valence-electron chi connectivity index (χ4n) is 1.83. The van der Waals surface area contributed by atoms with Gasteiger partial charge in [-0.3, -0.25) is 4.79 Å². The molecule has 0 spiro atoms. The number of amides is 1. The van der Waals surface area contributed by atoms with Gasteiger partial charge in [-0.05, 0) is 38.1 Å². The summed E-state index contributed by atoms with van der Waals surface area (Å²) in [5, 5.41) is 5.87. The van der Waals surface area contributed by atoms with Crippen molar-refractivity contribution in [3.63, 3.8) is 0 Å². The SMILES string of the molecule is COCCNCCNC(=O)c1ccc(S(=O)(=O)NC(C)C)cc1. The van der Waals surface area contributed by atoms with E-state index >= 15 is 0 Å². The van der Waals surface area contributed by atoms with Gasteiger partial charge in [0.05, 0.1) is 11.5 Å². The average Bonchev–Trinajstić information content (AvgIpc) is 2.49. The van der Waals surface area contributed by atoms with Crippen LogP contribution in [0, 0.1) is 0 Å². The second kappa shape index (κ2) is 9.61. The summed E-state index contributed by atoms with van der Waals surface area (Å²) >= 11 is 0. The second-order valence-corrected chi connectivity index (χ2v) is 7.01. The Morgan fingerprint density at radius 3 is 2.35 bits per heavy atom. The average molecular weight is 343 g/mol. The molecule has 1 rings (SSSR count). The first kappa shape index (κ1) is 19.6. The summed E-state index contributed by atoms with van der Waals surface area (Å²) in [5.41, 5.74) is 0.422. The summed E-state index contributed by atoms with van der Waals surface area (Å²) in [5.74, 6) is -0.237. The van der Waals surface area contributed by atoms with Crippen molar-refractivity contribution in [3.8, 4) is 0 Å². The van der Waals surface area contributed by atoms with Gasteiger partial charge in [0.15, 0.2) is 0 Å². The van der Waals surface area contributed by atoms with E-state index in [2.05, 4.69) is 15.4 Å². The van der Waals surface area contributed by atoms with E-state index in [1.807, 2.05) is 0 Å². The molecule has 0 heterocycles. The Balaban J connectivity index is 2.51. The van der Waals surface area contributed by atoms with E-state index in [-0.39, 0.29) is 16.8 Å². The summed E-state index contributed by atoms with van der Waals surface area (Å²) in [6.07, 6.45) is 0. The van der Waals surface area contributed by atoms with Crippen LogP contribution in [0.25, 0.3) is 0 Å². The van der Waals surface area contributed by atoms with Gasteiger partial charge in [-0.15, -0.1) is 0 Å². The molecule has 7 nitrogen and oxygen atoms in total. The number of methoxy groups -OCH3 is 1. The van der Waals surface area contributed by atoms with E-state index in [0.29, 0.717) is 25.3 Å². The van der Waals surface area contributed by atoms with Gasteiger partial charge in [-0.1, -0.05) is 0 Å². The molecule has 0 fully saturated rings. The lowest BCUT2D eigenvalue weighted by Gasteiger charge is -2.10. The normalized spacial score (nSPS) is 11.7. The lowest BCUT2D eigenvalue weighted by Crippen LogP contribution is -2.33. The Labute approximate surface area is 137 Å². The van der Waals surface area contributed by atoms with Crippen LogP contribution in [0.4, 0.5) is 0 Å². The zero-order valence-electron chi connectivity index (χ0n) is 13.8. The monoisotopic (exact) mass is 343 g/mol. The third-order valence-corrected chi connectivity index (χ3v) is 4.56. The molecule has 130 valence electrons. The van der Waals surface area contributed by atoms with Crippen LogP contribution in [0.15, 0.2) is 29.2 Å². The maximum Gasteiger partial charge on any atom is 0.251 e. The number of benzene rings is 1. The van der Waals surface area contributed by atoms with Gasteiger partial charge in [-0.2, -0.15) is 0 Å². The number of ether oxygens (including phenoxy) is 1. The van der Waals surface area contributed by atoms with Crippen molar-refractivity contribution >= 4 is 15.9 Å². The molecular formula is C15H25N3O4S. The molecular weight excluding hydrogens is 318 g/mol. The molecule has 8 heteroatoms. The minimum atomic E-state index is -3.54. The minimum absolute atomic E-state index is 0.143. The van der Waals surface area contributed by atoms with Gasteiger partial charge in [0, 0.05) is 38.3 Å². The molecule has 0 saturated heterocycles. The van der Waals surface area contributed by atoms with Gasteiger partial charge in [0.25, 0.3) is 5.91 Å². The third-order valence-electron chi connectivity index (χ3n) is 2.89. The predicted octanol–water partition coefficient (Wildman–Crippen LogP) is 0.339. The Kier molecular flexibility index (Phi) is 8.18. The zero-order valence-corrected chi connectivity index (χ0v) is 14.6. The van der Waals surface area contributed by atoms with Crippen LogP contribution in [0.2, 0.25) is 0 Å². The first-order valence-corrected chi connectivity index (χ1v) is 8.95. The fourth-order valence-corrected chi connectivity index (χ4v) is 3.08. The van der Waals surface area contributed by atoms with Crippen LogP contribution in [0.5, 0.6) is 0 Å². The number of sulfonamides is 1. The van der Waals surface area contributed by atoms with E-state index in [9.17, 15) is 13.2 Å². The number of hydrogen-bond acceptors (Lipinski definition) is 5. The quantitative estimate of drug-likeness (QED) is 0.532. The molecule has 0 radical (unpaired) electrons. The fraction of sp³-hybridized carbons (Fsp3) is 0.533. The number of carbonyl (C=O) groups is 1.